The average molecular weight is 460 g/mol. The number of aryl methyl sites for hydroxylation is 2. The number of aromatic nitrogens is 2. The molecule has 1 saturated heterocycles. The van der Waals surface area contributed by atoms with E-state index in [0.29, 0.717) is 56.7 Å². The van der Waals surface area contributed by atoms with Crippen molar-refractivity contribution in [3.8, 4) is 5.75 Å². The number of carboxylic acids is 1. The molecular formula is C24H30FN3O5. The third-order valence-corrected chi connectivity index (χ3v) is 6.86. The molecule has 0 bridgehead atoms. The standard InChI is InChI=1S/C24H30FN3O5/c1-3-18-20-19(13-24(14-26-22(20)29)8-11-33-12-9-24)28(27-18)10-4-5-15-16(23(30)31)6-7-17(25)21(15)32-2/h6-7H,3-5,8-14H2,1-2H3,(H,26,29)(H,30,31). The number of nitrogens with one attached hydrogen (secondary N) is 1. The molecule has 33 heavy (non-hydrogen) atoms. The molecule has 8 nitrogen and oxygen atoms in total. The molecule has 1 fully saturated rings. The zero-order chi connectivity index (χ0) is 23.6. The molecule has 1 aromatic carbocycles. The van der Waals surface area contributed by atoms with Crippen molar-refractivity contribution < 1.29 is 28.6 Å². The van der Waals surface area contributed by atoms with Crippen LogP contribution in [-0.4, -0.2) is 53.6 Å². The molecule has 2 aliphatic heterocycles. The van der Waals surface area contributed by atoms with Gasteiger partial charge in [0.1, 0.15) is 0 Å². The lowest BCUT2D eigenvalue weighted by Crippen LogP contribution is -2.40. The average Bonchev–Trinajstić information content (AvgIpc) is 3.08. The van der Waals surface area contributed by atoms with Crippen molar-refractivity contribution in [1.29, 1.82) is 0 Å². The Hall–Kier alpha value is -2.94. The van der Waals surface area contributed by atoms with E-state index in [4.69, 9.17) is 14.6 Å². The number of carboxylic acid groups (broad SMARTS) is 1. The highest BCUT2D eigenvalue weighted by Crippen LogP contribution is 2.37. The Kier molecular flexibility index (Phi) is 6.69. The minimum atomic E-state index is -1.12. The summed E-state index contributed by atoms with van der Waals surface area (Å²) in [4.78, 5) is 24.6. The third-order valence-electron chi connectivity index (χ3n) is 6.86. The van der Waals surface area contributed by atoms with Crippen molar-refractivity contribution >= 4 is 11.9 Å². The molecule has 0 atom stereocenters. The first-order valence-corrected chi connectivity index (χ1v) is 11.4. The molecule has 3 heterocycles. The number of halogens is 1. The molecule has 0 aliphatic carbocycles. The maximum atomic E-state index is 14.2. The van der Waals surface area contributed by atoms with Crippen LogP contribution in [0.3, 0.4) is 0 Å². The maximum Gasteiger partial charge on any atom is 0.336 e. The smallest absolute Gasteiger partial charge is 0.336 e. The number of aromatic carboxylic acids is 1. The van der Waals surface area contributed by atoms with E-state index < -0.39 is 11.8 Å². The van der Waals surface area contributed by atoms with Gasteiger partial charge in [0.15, 0.2) is 11.6 Å². The van der Waals surface area contributed by atoms with Gasteiger partial charge in [-0.15, -0.1) is 0 Å². The zero-order valence-electron chi connectivity index (χ0n) is 19.1. The van der Waals surface area contributed by atoms with Crippen LogP contribution in [-0.2, 0) is 30.5 Å². The minimum Gasteiger partial charge on any atom is -0.493 e. The Bertz CT molecular complexity index is 1060. The maximum absolute atomic E-state index is 14.2. The first-order valence-electron chi connectivity index (χ1n) is 11.4. The van der Waals surface area contributed by atoms with Gasteiger partial charge in [-0.05, 0) is 56.1 Å². The summed E-state index contributed by atoms with van der Waals surface area (Å²) in [7, 11) is 1.33. The Morgan fingerprint density at radius 3 is 2.79 bits per heavy atom. The molecular weight excluding hydrogens is 429 g/mol. The van der Waals surface area contributed by atoms with E-state index in [-0.39, 0.29) is 22.6 Å². The van der Waals surface area contributed by atoms with Crippen LogP contribution in [0.4, 0.5) is 4.39 Å². The molecule has 1 amide bonds. The lowest BCUT2D eigenvalue weighted by Gasteiger charge is -2.36. The third kappa shape index (κ3) is 4.46. The second-order valence-electron chi connectivity index (χ2n) is 8.83. The monoisotopic (exact) mass is 459 g/mol. The van der Waals surface area contributed by atoms with Gasteiger partial charge in [-0.1, -0.05) is 6.92 Å². The number of hydrogen-bond acceptors (Lipinski definition) is 5. The summed E-state index contributed by atoms with van der Waals surface area (Å²) in [6.07, 6.45) is 3.96. The van der Waals surface area contributed by atoms with Crippen molar-refractivity contribution in [1.82, 2.24) is 15.1 Å². The van der Waals surface area contributed by atoms with E-state index in [1.54, 1.807) is 0 Å². The lowest BCUT2D eigenvalue weighted by atomic mass is 9.76. The van der Waals surface area contributed by atoms with Crippen LogP contribution >= 0.6 is 0 Å². The number of ether oxygens (including phenoxy) is 2. The number of rotatable bonds is 7. The summed E-state index contributed by atoms with van der Waals surface area (Å²) in [6, 6.07) is 2.38. The highest BCUT2D eigenvalue weighted by atomic mass is 19.1. The SMILES string of the molecule is CCc1nn(CCCc2c(C(=O)O)ccc(F)c2OC)c2c1C(=O)NCC1(CCOCC1)C2. The van der Waals surface area contributed by atoms with Crippen molar-refractivity contribution in [3.63, 3.8) is 0 Å². The normalized spacial score (nSPS) is 17.4. The fourth-order valence-corrected chi connectivity index (χ4v) is 5.03. The van der Waals surface area contributed by atoms with Gasteiger partial charge in [0.2, 0.25) is 0 Å². The molecule has 2 aromatic rings. The van der Waals surface area contributed by atoms with Gasteiger partial charge >= 0.3 is 5.97 Å². The van der Waals surface area contributed by atoms with Gasteiger partial charge in [0.25, 0.3) is 5.91 Å². The fourth-order valence-electron chi connectivity index (χ4n) is 5.03. The Labute approximate surface area is 192 Å². The molecule has 178 valence electrons. The topological polar surface area (TPSA) is 103 Å². The van der Waals surface area contributed by atoms with Gasteiger partial charge in [-0.3, -0.25) is 9.48 Å². The molecule has 1 spiro atoms. The van der Waals surface area contributed by atoms with E-state index >= 15 is 0 Å². The van der Waals surface area contributed by atoms with Crippen molar-refractivity contribution in [2.75, 3.05) is 26.9 Å². The van der Waals surface area contributed by atoms with Crippen LogP contribution in [0, 0.1) is 11.2 Å². The van der Waals surface area contributed by atoms with Crippen LogP contribution in [0.25, 0.3) is 0 Å². The Balaban J connectivity index is 1.61. The zero-order valence-corrected chi connectivity index (χ0v) is 19.1. The van der Waals surface area contributed by atoms with Crippen LogP contribution in [0.15, 0.2) is 12.1 Å². The molecule has 9 heteroatoms. The summed E-state index contributed by atoms with van der Waals surface area (Å²) in [5.74, 6) is -1.83. The van der Waals surface area contributed by atoms with E-state index in [1.165, 1.54) is 13.2 Å². The number of benzene rings is 1. The first kappa shape index (κ1) is 23.2. The second-order valence-corrected chi connectivity index (χ2v) is 8.83. The molecule has 1 aromatic heterocycles. The Morgan fingerprint density at radius 2 is 2.12 bits per heavy atom. The van der Waals surface area contributed by atoms with Crippen LogP contribution < -0.4 is 10.1 Å². The lowest BCUT2D eigenvalue weighted by molar-refractivity contribution is 0.0152. The van der Waals surface area contributed by atoms with E-state index in [0.717, 1.165) is 36.7 Å². The summed E-state index contributed by atoms with van der Waals surface area (Å²) >= 11 is 0. The molecule has 0 unspecified atom stereocenters. The number of hydrogen-bond donors (Lipinski definition) is 2. The molecule has 2 N–H and O–H groups in total. The van der Waals surface area contributed by atoms with Gasteiger partial charge in [-0.25, -0.2) is 9.18 Å². The summed E-state index contributed by atoms with van der Waals surface area (Å²) in [5.41, 5.74) is 2.66. The summed E-state index contributed by atoms with van der Waals surface area (Å²) in [5, 5.41) is 17.4. The van der Waals surface area contributed by atoms with Crippen molar-refractivity contribution in [2.24, 2.45) is 5.41 Å². The quantitative estimate of drug-likeness (QED) is 0.660. The van der Waals surface area contributed by atoms with Gasteiger partial charge in [0.05, 0.1) is 29.6 Å². The predicted molar refractivity (Wildman–Crippen MR) is 118 cm³/mol. The predicted octanol–water partition coefficient (Wildman–Crippen LogP) is 3.01. The molecule has 2 aliphatic rings. The number of methoxy groups -OCH3 is 1. The number of amides is 1. The van der Waals surface area contributed by atoms with Crippen LogP contribution in [0.1, 0.15) is 63.9 Å². The second kappa shape index (κ2) is 9.51. The minimum absolute atomic E-state index is 0.0299. The van der Waals surface area contributed by atoms with Crippen LogP contribution in [0.5, 0.6) is 5.75 Å². The largest absolute Gasteiger partial charge is 0.493 e. The molecule has 4 rings (SSSR count). The highest BCUT2D eigenvalue weighted by molar-refractivity contribution is 5.97. The number of carbonyl (C=O) groups excluding carboxylic acids is 1. The van der Waals surface area contributed by atoms with E-state index in [9.17, 15) is 19.1 Å². The molecule has 0 saturated carbocycles. The number of fused-ring (bicyclic) bond motifs is 1. The first-order chi connectivity index (χ1) is 15.9. The Morgan fingerprint density at radius 1 is 1.36 bits per heavy atom. The number of nitrogens with zero attached hydrogens (tertiary/aromatic N) is 2. The summed E-state index contributed by atoms with van der Waals surface area (Å²) < 4.78 is 26.8. The summed E-state index contributed by atoms with van der Waals surface area (Å²) in [6.45, 7) is 4.44. The van der Waals surface area contributed by atoms with E-state index in [2.05, 4.69) is 5.32 Å². The van der Waals surface area contributed by atoms with Gasteiger partial charge in [0, 0.05) is 31.9 Å². The van der Waals surface area contributed by atoms with Crippen molar-refractivity contribution in [2.45, 2.75) is 52.0 Å². The molecule has 0 radical (unpaired) electrons. The fraction of sp³-hybridized carbons (Fsp3) is 0.542. The van der Waals surface area contributed by atoms with Gasteiger partial charge in [-0.2, -0.15) is 5.10 Å². The highest BCUT2D eigenvalue weighted by Gasteiger charge is 2.39. The van der Waals surface area contributed by atoms with Gasteiger partial charge < -0.3 is 19.9 Å². The van der Waals surface area contributed by atoms with Crippen LogP contribution in [0.2, 0.25) is 0 Å². The van der Waals surface area contributed by atoms with E-state index in [1.807, 2.05) is 11.6 Å². The van der Waals surface area contributed by atoms with Crippen molar-refractivity contribution in [3.05, 3.63) is 46.0 Å². The number of carbonyl (C=O) groups is 2.